The minimum absolute atomic E-state index is 0.00934. The predicted octanol–water partition coefficient (Wildman–Crippen LogP) is 9.17. The van der Waals surface area contributed by atoms with Gasteiger partial charge < -0.3 is 24.8 Å². The first kappa shape index (κ1) is 43.1. The molecule has 1 heterocycles. The van der Waals surface area contributed by atoms with Gasteiger partial charge in [0.1, 0.15) is 44.5 Å². The fraction of sp³-hybridized carbons (Fsp3) is 0.0952. The minimum Gasteiger partial charge on any atom is -0.505 e. The van der Waals surface area contributed by atoms with Crippen molar-refractivity contribution >= 4 is 86.9 Å². The summed E-state index contributed by atoms with van der Waals surface area (Å²) < 4.78 is 78.9. The van der Waals surface area contributed by atoms with Crippen molar-refractivity contribution in [3.05, 3.63) is 120 Å². The zero-order valence-electron chi connectivity index (χ0n) is 33.3. The van der Waals surface area contributed by atoms with Crippen LogP contribution in [0.2, 0.25) is 0 Å². The van der Waals surface area contributed by atoms with Crippen molar-refractivity contribution in [2.75, 3.05) is 14.2 Å². The Labute approximate surface area is 362 Å². The van der Waals surface area contributed by atoms with Crippen LogP contribution in [0.1, 0.15) is 11.1 Å². The Kier molecular flexibility index (Phi) is 11.6. The molecule has 0 spiro atoms. The average molecular weight is 904 g/mol. The lowest BCUT2D eigenvalue weighted by atomic mass is 10.1. The van der Waals surface area contributed by atoms with Gasteiger partial charge in [-0.15, -0.1) is 30.7 Å². The molecule has 7 aromatic carbocycles. The average Bonchev–Trinajstić information content (AvgIpc) is 3.74. The summed E-state index contributed by atoms with van der Waals surface area (Å²) in [4.78, 5) is -0.288. The highest BCUT2D eigenvalue weighted by atomic mass is 32.2. The first-order valence-electron chi connectivity index (χ1n) is 18.7. The molecule has 0 amide bonds. The molecular weight excluding hydrogens is 871 g/mol. The number of aromatic hydroxyl groups is 1. The maximum atomic E-state index is 12.2. The van der Waals surface area contributed by atoms with Gasteiger partial charge in [0.2, 0.25) is 0 Å². The van der Waals surface area contributed by atoms with Crippen LogP contribution in [-0.4, -0.2) is 70.5 Å². The molecule has 8 aromatic rings. The lowest BCUT2D eigenvalue weighted by Crippen LogP contribution is -2.04. The van der Waals surface area contributed by atoms with Gasteiger partial charge in [-0.3, -0.25) is 9.11 Å². The van der Waals surface area contributed by atoms with Gasteiger partial charge in [0, 0.05) is 39.4 Å². The molecule has 0 saturated carbocycles. The Bertz CT molecular complexity index is 3470. The van der Waals surface area contributed by atoms with Crippen molar-refractivity contribution in [3.63, 3.8) is 0 Å². The SMILES string of the molecule is COc1cc(N=Nc2ccccc2)c(CO)cc1N=Nc1cc(OC)c(N=Nc2ccc3cc(-n4nc5ccc6c(S(=O)(=O)O)cc(S(=O)(=O)O)cc6c5n4)ccc3c2O)cc1CO. The second kappa shape index (κ2) is 17.3. The van der Waals surface area contributed by atoms with E-state index in [4.69, 9.17) is 9.47 Å². The Morgan fingerprint density at radius 3 is 1.77 bits per heavy atom. The van der Waals surface area contributed by atoms with Crippen LogP contribution in [0, 0.1) is 0 Å². The normalized spacial score (nSPS) is 12.5. The van der Waals surface area contributed by atoms with Crippen LogP contribution in [0.5, 0.6) is 17.2 Å². The van der Waals surface area contributed by atoms with Gasteiger partial charge in [0.15, 0.2) is 5.75 Å². The zero-order chi connectivity index (χ0) is 45.3. The number of phenols is 1. The molecule has 1 aromatic heterocycles. The molecule has 0 unspecified atom stereocenters. The van der Waals surface area contributed by atoms with E-state index in [1.165, 1.54) is 49.3 Å². The highest BCUT2D eigenvalue weighted by Gasteiger charge is 2.23. The summed E-state index contributed by atoms with van der Waals surface area (Å²) in [6.07, 6.45) is 0. The lowest BCUT2D eigenvalue weighted by Gasteiger charge is -2.10. The quantitative estimate of drug-likeness (QED) is 0.0533. The summed E-state index contributed by atoms with van der Waals surface area (Å²) in [6, 6.07) is 27.7. The van der Waals surface area contributed by atoms with E-state index in [0.717, 1.165) is 6.07 Å². The van der Waals surface area contributed by atoms with Gasteiger partial charge in [-0.25, -0.2) is 0 Å². The van der Waals surface area contributed by atoms with Crippen LogP contribution in [-0.2, 0) is 33.5 Å². The van der Waals surface area contributed by atoms with Crippen molar-refractivity contribution in [2.24, 2.45) is 30.7 Å². The zero-order valence-corrected chi connectivity index (χ0v) is 35.0. The van der Waals surface area contributed by atoms with Gasteiger partial charge in [0.25, 0.3) is 20.2 Å². The van der Waals surface area contributed by atoms with E-state index < -0.39 is 36.6 Å². The summed E-state index contributed by atoms with van der Waals surface area (Å²) in [6.45, 7) is -0.827. The highest BCUT2D eigenvalue weighted by molar-refractivity contribution is 7.86. The monoisotopic (exact) mass is 903 g/mol. The van der Waals surface area contributed by atoms with Crippen molar-refractivity contribution in [1.82, 2.24) is 15.0 Å². The third-order valence-electron chi connectivity index (χ3n) is 9.84. The topological polar surface area (TPSA) is 293 Å². The van der Waals surface area contributed by atoms with Crippen molar-refractivity contribution < 1.29 is 50.7 Å². The van der Waals surface area contributed by atoms with Gasteiger partial charge in [-0.05, 0) is 72.1 Å². The van der Waals surface area contributed by atoms with Crippen LogP contribution >= 0.6 is 0 Å². The van der Waals surface area contributed by atoms with Crippen molar-refractivity contribution in [1.29, 1.82) is 0 Å². The summed E-state index contributed by atoms with van der Waals surface area (Å²) in [5, 5.41) is 67.1. The molecule has 5 N–H and O–H groups in total. The number of azo groups is 3. The van der Waals surface area contributed by atoms with E-state index in [2.05, 4.69) is 40.9 Å². The summed E-state index contributed by atoms with van der Waals surface area (Å²) >= 11 is 0. The van der Waals surface area contributed by atoms with Gasteiger partial charge in [-0.1, -0.05) is 30.3 Å². The first-order valence-corrected chi connectivity index (χ1v) is 21.6. The molecule has 0 fully saturated rings. The number of phenolic OH excluding ortho intramolecular Hbond substituents is 1. The van der Waals surface area contributed by atoms with Crippen molar-refractivity contribution in [3.8, 4) is 22.9 Å². The van der Waals surface area contributed by atoms with E-state index in [1.807, 2.05) is 18.2 Å². The number of nitrogens with zero attached hydrogens (tertiary/aromatic N) is 9. The molecule has 64 heavy (non-hydrogen) atoms. The Hall–Kier alpha value is -7.60. The van der Waals surface area contributed by atoms with Gasteiger partial charge in [-0.2, -0.15) is 31.9 Å². The van der Waals surface area contributed by atoms with Crippen LogP contribution in [0.3, 0.4) is 0 Å². The highest BCUT2D eigenvalue weighted by Crippen LogP contribution is 2.42. The second-order valence-corrected chi connectivity index (χ2v) is 16.6. The molecule has 0 saturated heterocycles. The number of benzene rings is 7. The summed E-state index contributed by atoms with van der Waals surface area (Å²) in [5.41, 5.74) is 3.24. The number of aliphatic hydroxyl groups is 2. The number of rotatable bonds is 13. The fourth-order valence-corrected chi connectivity index (χ4v) is 8.01. The molecule has 0 aliphatic heterocycles. The molecular formula is C42H33N9O11S2. The lowest BCUT2D eigenvalue weighted by molar-refractivity contribution is 0.282. The minimum atomic E-state index is -4.92. The number of aliphatic hydroxyl groups excluding tert-OH is 2. The first-order chi connectivity index (χ1) is 30.7. The van der Waals surface area contributed by atoms with Gasteiger partial charge in [0.05, 0.1) is 55.1 Å². The number of ether oxygens (including phenoxy) is 2. The Morgan fingerprint density at radius 1 is 0.578 bits per heavy atom. The molecule has 8 rings (SSSR count). The van der Waals surface area contributed by atoms with Gasteiger partial charge >= 0.3 is 0 Å². The molecule has 0 radical (unpaired) electrons. The van der Waals surface area contributed by atoms with E-state index >= 15 is 0 Å². The molecule has 0 atom stereocenters. The van der Waals surface area contributed by atoms with Crippen molar-refractivity contribution in [2.45, 2.75) is 23.0 Å². The van der Waals surface area contributed by atoms with Crippen LogP contribution in [0.25, 0.3) is 38.3 Å². The maximum absolute atomic E-state index is 12.2. The molecule has 0 aliphatic carbocycles. The Morgan fingerprint density at radius 2 is 1.17 bits per heavy atom. The summed E-state index contributed by atoms with van der Waals surface area (Å²) in [5.74, 6) is 0.300. The van der Waals surface area contributed by atoms with E-state index in [1.54, 1.807) is 48.5 Å². The van der Waals surface area contributed by atoms with Crippen LogP contribution in [0.4, 0.5) is 34.1 Å². The third-order valence-corrected chi connectivity index (χ3v) is 11.6. The second-order valence-electron chi connectivity index (χ2n) is 13.8. The fourth-order valence-electron chi connectivity index (χ4n) is 6.67. The standard InChI is InChI=1S/C42H33N9O11S2/c1-61-38-19-34(45-43-26-6-4-3-5-7-26)24(21-52)15-37(38)48-46-35-20-39(62-2)36(16-25(35)22-53)47-44-33-12-8-23-14-27(9-10-29(23)42(33)54)51-49-32-13-11-30-31(41(32)50-51)17-28(63(55,56)57)18-40(30)64(58,59)60/h3-20,52-54H,21-22H2,1-2H3,(H,55,56,57)(H,58,59,60). The third kappa shape index (κ3) is 8.59. The summed E-state index contributed by atoms with van der Waals surface area (Å²) in [7, 11) is -6.94. The smallest absolute Gasteiger partial charge is 0.295 e. The molecule has 22 heteroatoms. The largest absolute Gasteiger partial charge is 0.505 e. The Balaban J connectivity index is 1.07. The van der Waals surface area contributed by atoms with E-state index in [-0.39, 0.29) is 62.7 Å². The number of fused-ring (bicyclic) bond motifs is 4. The van der Waals surface area contributed by atoms with Crippen LogP contribution in [0.15, 0.2) is 150 Å². The number of aromatic nitrogens is 3. The van der Waals surface area contributed by atoms with E-state index in [9.17, 15) is 41.3 Å². The predicted molar refractivity (Wildman–Crippen MR) is 232 cm³/mol. The number of hydrogen-bond acceptors (Lipinski definition) is 17. The molecule has 324 valence electrons. The maximum Gasteiger partial charge on any atom is 0.295 e. The van der Waals surface area contributed by atoms with E-state index in [0.29, 0.717) is 50.8 Å². The number of methoxy groups -OCH3 is 2. The van der Waals surface area contributed by atoms with Crippen LogP contribution < -0.4 is 9.47 Å². The molecule has 0 aliphatic rings. The molecule has 0 bridgehead atoms. The molecule has 20 nitrogen and oxygen atoms in total. The number of hydrogen-bond donors (Lipinski definition) is 5.